The molecule has 98 valence electrons. The first-order chi connectivity index (χ1) is 8.48. The van der Waals surface area contributed by atoms with E-state index in [0.29, 0.717) is 18.8 Å². The first-order valence-electron chi connectivity index (χ1n) is 6.01. The van der Waals surface area contributed by atoms with E-state index >= 15 is 0 Å². The molecule has 2 heterocycles. The van der Waals surface area contributed by atoms with E-state index in [1.807, 2.05) is 11.8 Å². The van der Waals surface area contributed by atoms with Crippen LogP contribution < -0.4 is 4.90 Å². The van der Waals surface area contributed by atoms with Crippen LogP contribution >= 0.6 is 0 Å². The molecule has 1 aliphatic rings. The number of nitrogens with zero attached hydrogens (tertiary/aromatic N) is 3. The van der Waals surface area contributed by atoms with Gasteiger partial charge in [-0.25, -0.2) is 9.78 Å². The molecule has 6 nitrogen and oxygen atoms in total. The molecule has 6 heteroatoms. The lowest BCUT2D eigenvalue weighted by molar-refractivity contribution is 0.0481. The van der Waals surface area contributed by atoms with Gasteiger partial charge in [0.1, 0.15) is 5.82 Å². The second-order valence-electron chi connectivity index (χ2n) is 4.91. The highest BCUT2D eigenvalue weighted by atomic mass is 16.4. The van der Waals surface area contributed by atoms with E-state index in [4.69, 9.17) is 5.11 Å². The maximum Gasteiger partial charge on any atom is 0.356 e. The van der Waals surface area contributed by atoms with Crippen LogP contribution in [0.5, 0.6) is 0 Å². The van der Waals surface area contributed by atoms with Gasteiger partial charge in [-0.1, -0.05) is 0 Å². The number of anilines is 1. The number of carboxylic acid groups (broad SMARTS) is 1. The van der Waals surface area contributed by atoms with Crippen molar-refractivity contribution >= 4 is 11.8 Å². The summed E-state index contributed by atoms with van der Waals surface area (Å²) in [4.78, 5) is 20.8. The molecule has 1 aromatic heterocycles. The van der Waals surface area contributed by atoms with Crippen LogP contribution in [-0.2, 0) is 0 Å². The fraction of sp³-hybridized carbons (Fsp3) is 0.583. The number of aromatic nitrogens is 2. The Morgan fingerprint density at radius 1 is 1.39 bits per heavy atom. The SMILES string of the molecule is CC1(O)CCCN(c2cncc(C(=O)O)n2)CC1. The van der Waals surface area contributed by atoms with Crippen molar-refractivity contribution in [2.75, 3.05) is 18.0 Å². The lowest BCUT2D eigenvalue weighted by Crippen LogP contribution is -2.29. The molecule has 1 saturated heterocycles. The van der Waals surface area contributed by atoms with Gasteiger partial charge in [0.05, 0.1) is 18.0 Å². The quantitative estimate of drug-likeness (QED) is 0.812. The highest BCUT2D eigenvalue weighted by Gasteiger charge is 2.25. The first kappa shape index (κ1) is 12.8. The van der Waals surface area contributed by atoms with Crippen molar-refractivity contribution in [3.8, 4) is 0 Å². The number of hydrogen-bond acceptors (Lipinski definition) is 5. The van der Waals surface area contributed by atoms with E-state index in [1.54, 1.807) is 6.20 Å². The number of hydrogen-bond donors (Lipinski definition) is 2. The third kappa shape index (κ3) is 2.95. The van der Waals surface area contributed by atoms with E-state index in [0.717, 1.165) is 19.4 Å². The van der Waals surface area contributed by atoms with Gasteiger partial charge in [0.25, 0.3) is 0 Å². The Bertz CT molecular complexity index is 448. The van der Waals surface area contributed by atoms with Gasteiger partial charge in [0, 0.05) is 13.1 Å². The molecule has 2 rings (SSSR count). The standard InChI is InChI=1S/C12H17N3O3/c1-12(18)3-2-5-15(6-4-12)10-8-13-7-9(14-10)11(16)17/h7-8,18H,2-6H2,1H3,(H,16,17). The molecule has 0 saturated carbocycles. The zero-order valence-corrected chi connectivity index (χ0v) is 10.3. The molecular formula is C12H17N3O3. The summed E-state index contributed by atoms with van der Waals surface area (Å²) in [6.45, 7) is 3.24. The van der Waals surface area contributed by atoms with Crippen LogP contribution in [-0.4, -0.2) is 44.8 Å². The Morgan fingerprint density at radius 2 is 2.17 bits per heavy atom. The van der Waals surface area contributed by atoms with Crippen LogP contribution in [0.4, 0.5) is 5.82 Å². The Morgan fingerprint density at radius 3 is 2.89 bits per heavy atom. The van der Waals surface area contributed by atoms with Crippen LogP contribution in [0.25, 0.3) is 0 Å². The Balaban J connectivity index is 2.16. The van der Waals surface area contributed by atoms with Crippen LogP contribution in [0.2, 0.25) is 0 Å². The number of aromatic carboxylic acids is 1. The Labute approximate surface area is 105 Å². The molecule has 0 bridgehead atoms. The molecule has 0 aliphatic carbocycles. The third-order valence-corrected chi connectivity index (χ3v) is 3.23. The second kappa shape index (κ2) is 4.89. The molecule has 0 radical (unpaired) electrons. The summed E-state index contributed by atoms with van der Waals surface area (Å²) in [6.07, 6.45) is 5.04. The molecule has 1 aliphatic heterocycles. The van der Waals surface area contributed by atoms with Gasteiger partial charge in [-0.2, -0.15) is 0 Å². The van der Waals surface area contributed by atoms with Crippen molar-refractivity contribution in [3.05, 3.63) is 18.1 Å². The third-order valence-electron chi connectivity index (χ3n) is 3.23. The highest BCUT2D eigenvalue weighted by Crippen LogP contribution is 2.23. The van der Waals surface area contributed by atoms with Crippen molar-refractivity contribution in [3.63, 3.8) is 0 Å². The number of aliphatic hydroxyl groups is 1. The van der Waals surface area contributed by atoms with Gasteiger partial charge in [-0.05, 0) is 26.2 Å². The van der Waals surface area contributed by atoms with Gasteiger partial charge in [0.15, 0.2) is 5.69 Å². The Hall–Kier alpha value is -1.69. The van der Waals surface area contributed by atoms with E-state index in [-0.39, 0.29) is 5.69 Å². The van der Waals surface area contributed by atoms with E-state index in [9.17, 15) is 9.90 Å². The van der Waals surface area contributed by atoms with Crippen molar-refractivity contribution in [2.24, 2.45) is 0 Å². The second-order valence-corrected chi connectivity index (χ2v) is 4.91. The fourth-order valence-electron chi connectivity index (χ4n) is 2.10. The molecule has 1 fully saturated rings. The van der Waals surface area contributed by atoms with E-state index < -0.39 is 11.6 Å². The predicted octanol–water partition coefficient (Wildman–Crippen LogP) is 0.916. The Kier molecular flexibility index (Phi) is 3.47. The maximum atomic E-state index is 10.8. The molecular weight excluding hydrogens is 234 g/mol. The minimum atomic E-state index is -1.08. The van der Waals surface area contributed by atoms with Crippen LogP contribution in [0.15, 0.2) is 12.4 Å². The maximum absolute atomic E-state index is 10.8. The summed E-state index contributed by atoms with van der Waals surface area (Å²) in [5.41, 5.74) is -0.699. The average molecular weight is 251 g/mol. The molecule has 0 spiro atoms. The van der Waals surface area contributed by atoms with Crippen LogP contribution in [0.1, 0.15) is 36.7 Å². The zero-order chi connectivity index (χ0) is 13.2. The van der Waals surface area contributed by atoms with Gasteiger partial charge in [-0.3, -0.25) is 4.98 Å². The van der Waals surface area contributed by atoms with Crippen molar-refractivity contribution in [2.45, 2.75) is 31.8 Å². The normalized spacial score (nSPS) is 24.7. The summed E-state index contributed by atoms with van der Waals surface area (Å²) in [5, 5.41) is 18.9. The van der Waals surface area contributed by atoms with E-state index in [2.05, 4.69) is 9.97 Å². The summed E-state index contributed by atoms with van der Waals surface area (Å²) in [6, 6.07) is 0. The lowest BCUT2D eigenvalue weighted by atomic mass is 9.98. The molecule has 18 heavy (non-hydrogen) atoms. The smallest absolute Gasteiger partial charge is 0.356 e. The van der Waals surface area contributed by atoms with Crippen LogP contribution in [0.3, 0.4) is 0 Å². The lowest BCUT2D eigenvalue weighted by Gasteiger charge is -2.23. The molecule has 0 amide bonds. The largest absolute Gasteiger partial charge is 0.476 e. The van der Waals surface area contributed by atoms with Crippen molar-refractivity contribution in [1.82, 2.24) is 9.97 Å². The van der Waals surface area contributed by atoms with Crippen molar-refractivity contribution < 1.29 is 15.0 Å². The number of rotatable bonds is 2. The van der Waals surface area contributed by atoms with Gasteiger partial charge >= 0.3 is 5.97 Å². The molecule has 1 atom stereocenters. The number of carboxylic acids is 1. The minimum Gasteiger partial charge on any atom is -0.476 e. The van der Waals surface area contributed by atoms with Gasteiger partial charge in [-0.15, -0.1) is 0 Å². The molecule has 1 aromatic rings. The average Bonchev–Trinajstić information content (AvgIpc) is 2.50. The fourth-order valence-corrected chi connectivity index (χ4v) is 2.10. The summed E-state index contributed by atoms with van der Waals surface area (Å²) < 4.78 is 0. The van der Waals surface area contributed by atoms with Crippen molar-refractivity contribution in [1.29, 1.82) is 0 Å². The minimum absolute atomic E-state index is 0.0523. The van der Waals surface area contributed by atoms with Gasteiger partial charge < -0.3 is 15.1 Å². The number of carbonyl (C=O) groups is 1. The molecule has 1 unspecified atom stereocenters. The topological polar surface area (TPSA) is 86.5 Å². The monoisotopic (exact) mass is 251 g/mol. The predicted molar refractivity (Wildman–Crippen MR) is 65.7 cm³/mol. The summed E-state index contributed by atoms with van der Waals surface area (Å²) in [7, 11) is 0. The summed E-state index contributed by atoms with van der Waals surface area (Å²) >= 11 is 0. The van der Waals surface area contributed by atoms with Gasteiger partial charge in [0.2, 0.25) is 0 Å². The van der Waals surface area contributed by atoms with E-state index in [1.165, 1.54) is 6.20 Å². The zero-order valence-electron chi connectivity index (χ0n) is 10.3. The first-order valence-corrected chi connectivity index (χ1v) is 6.01. The molecule has 0 aromatic carbocycles. The summed E-state index contributed by atoms with van der Waals surface area (Å²) in [5.74, 6) is -0.515. The molecule has 2 N–H and O–H groups in total. The highest BCUT2D eigenvalue weighted by molar-refractivity contribution is 5.85. The van der Waals surface area contributed by atoms with Crippen LogP contribution in [0, 0.1) is 0 Å².